The molecule has 0 aromatic heterocycles. The molecule has 1 N–H and O–H groups in total. The second-order valence-corrected chi connectivity index (χ2v) is 10.6. The van der Waals surface area contributed by atoms with E-state index in [1.165, 1.54) is 29.6 Å². The van der Waals surface area contributed by atoms with Gasteiger partial charge in [-0.15, -0.1) is 7.92 Å². The zero-order chi connectivity index (χ0) is 22.7. The number of alkyl halides is 3. The van der Waals surface area contributed by atoms with E-state index in [-0.39, 0.29) is 20.1 Å². The molecule has 0 bridgehead atoms. The molecular weight excluding hydrogens is 600 g/mol. The maximum Gasteiger partial charge on any atom is 0.522 e. The standard InChI is InChI=1S/C10H15.C6H5.C3H9P.CHF3O3S.Ir/c1-6-7(2)9(4)10(5)8(6)3;1-2-4-6-5-3-1;1-4(2)3;2-1(3,4)8(5,6)7;/h1-5H3;1-5H;1-3H3;(H,5,6,7);/q;-1;;;. The Balaban J connectivity index is -0.000000323. The molecule has 0 saturated heterocycles. The van der Waals surface area contributed by atoms with Gasteiger partial charge in [0, 0.05) is 20.1 Å². The average molecular weight is 631 g/mol. The van der Waals surface area contributed by atoms with Crippen molar-refractivity contribution in [1.29, 1.82) is 0 Å². The summed E-state index contributed by atoms with van der Waals surface area (Å²) in [7, 11) is -5.46. The van der Waals surface area contributed by atoms with E-state index >= 15 is 0 Å². The van der Waals surface area contributed by atoms with E-state index in [1.54, 1.807) is 0 Å². The van der Waals surface area contributed by atoms with Crippen LogP contribution in [0.25, 0.3) is 0 Å². The molecule has 0 heterocycles. The molecule has 0 spiro atoms. The van der Waals surface area contributed by atoms with Crippen LogP contribution in [0.5, 0.6) is 0 Å². The first-order valence-electron chi connectivity index (χ1n) is 8.29. The maximum atomic E-state index is 10.7. The molecule has 29 heavy (non-hydrogen) atoms. The molecule has 9 heteroatoms. The van der Waals surface area contributed by atoms with E-state index in [0.29, 0.717) is 7.92 Å². The molecule has 2 rings (SSSR count). The van der Waals surface area contributed by atoms with Crippen LogP contribution in [-0.2, 0) is 30.2 Å². The minimum absolute atomic E-state index is 0. The van der Waals surface area contributed by atoms with Gasteiger partial charge in [-0.25, -0.2) is 0 Å². The van der Waals surface area contributed by atoms with Gasteiger partial charge in [-0.2, -0.15) is 58.0 Å². The van der Waals surface area contributed by atoms with Crippen molar-refractivity contribution >= 4 is 18.0 Å². The number of hydrogen-bond acceptors (Lipinski definition) is 2. The summed E-state index contributed by atoms with van der Waals surface area (Å²) in [5, 5.41) is 0. The number of rotatable bonds is 0. The van der Waals surface area contributed by atoms with Gasteiger partial charge in [0.1, 0.15) is 0 Å². The maximum absolute atomic E-state index is 10.7. The summed E-state index contributed by atoms with van der Waals surface area (Å²) >= 11 is 0. The van der Waals surface area contributed by atoms with E-state index in [9.17, 15) is 13.2 Å². The van der Waals surface area contributed by atoms with E-state index < -0.39 is 15.6 Å². The predicted molar refractivity (Wildman–Crippen MR) is 112 cm³/mol. The molecule has 0 unspecified atom stereocenters. The molecule has 3 nitrogen and oxygen atoms in total. The van der Waals surface area contributed by atoms with Gasteiger partial charge < -0.3 is 0 Å². The van der Waals surface area contributed by atoms with Crippen LogP contribution in [0.1, 0.15) is 34.6 Å². The van der Waals surface area contributed by atoms with Gasteiger partial charge in [-0.05, 0) is 49.6 Å². The van der Waals surface area contributed by atoms with Crippen LogP contribution in [0.4, 0.5) is 13.2 Å². The van der Waals surface area contributed by atoms with Crippen molar-refractivity contribution in [2.24, 2.45) is 0 Å². The first-order valence-corrected chi connectivity index (χ1v) is 12.4. The molecule has 0 aliphatic heterocycles. The molecule has 170 valence electrons. The zero-order valence-corrected chi connectivity index (χ0v) is 22.1. The minimum Gasteiger partial charge on any atom is -0.279 e. The second-order valence-electron chi connectivity index (χ2n) is 6.46. The summed E-state index contributed by atoms with van der Waals surface area (Å²) in [5.74, 6) is 7.34. The Hall–Kier alpha value is -0.000649. The van der Waals surface area contributed by atoms with Gasteiger partial charge in [0.15, 0.2) is 0 Å². The topological polar surface area (TPSA) is 54.4 Å². The fourth-order valence-corrected chi connectivity index (χ4v) is 1.75. The Bertz CT molecular complexity index is 539. The first kappa shape index (κ1) is 33.6. The third-order valence-electron chi connectivity index (χ3n) is 3.71. The van der Waals surface area contributed by atoms with Gasteiger partial charge in [0.2, 0.25) is 0 Å². The van der Waals surface area contributed by atoms with Crippen LogP contribution in [-0.4, -0.2) is 38.5 Å². The van der Waals surface area contributed by atoms with Crippen LogP contribution in [0.15, 0.2) is 30.3 Å². The summed E-state index contributed by atoms with van der Waals surface area (Å²) in [6, 6.07) is 12.5. The number of benzene rings is 1. The third-order valence-corrected chi connectivity index (χ3v) is 4.30. The molecule has 1 saturated carbocycles. The fraction of sp³-hybridized carbons (Fsp3) is 0.450. The summed E-state index contributed by atoms with van der Waals surface area (Å²) in [6.45, 7) is 17.7. The Morgan fingerprint density at radius 1 is 0.793 bits per heavy atom. The Morgan fingerprint density at radius 3 is 1.07 bits per heavy atom. The first-order chi connectivity index (χ1) is 12.5. The van der Waals surface area contributed by atoms with Crippen LogP contribution in [0.3, 0.4) is 0 Å². The number of hydrogen-bond donors (Lipinski definition) is 1. The van der Waals surface area contributed by atoms with Gasteiger partial charge in [-0.1, -0.05) is 34.6 Å². The van der Waals surface area contributed by atoms with Gasteiger partial charge in [0.05, 0.1) is 0 Å². The van der Waals surface area contributed by atoms with E-state index in [2.05, 4.69) is 60.7 Å². The van der Waals surface area contributed by atoms with Crippen LogP contribution in [0, 0.1) is 35.7 Å². The summed E-state index contributed by atoms with van der Waals surface area (Å²) in [4.78, 5) is 0. The monoisotopic (exact) mass is 631 g/mol. The molecule has 1 aromatic carbocycles. The van der Waals surface area contributed by atoms with Gasteiger partial charge >= 0.3 is 15.6 Å². The second kappa shape index (κ2) is 15.7. The van der Waals surface area contributed by atoms with E-state index in [1.807, 2.05) is 30.3 Å². The summed E-state index contributed by atoms with van der Waals surface area (Å²) in [5.41, 5.74) is -5.53. The van der Waals surface area contributed by atoms with Crippen molar-refractivity contribution in [1.82, 2.24) is 0 Å². The minimum atomic E-state index is -5.84. The van der Waals surface area contributed by atoms with Crippen molar-refractivity contribution in [3.8, 4) is 0 Å². The SMILES string of the molecule is CP(C)C.C[C]1[C](C)[C](C)[C](C)[C]1C.O=S(=O)(O)C(F)(F)F.[Ir].[c-]1ccccc1. The molecule has 1 aromatic rings. The van der Waals surface area contributed by atoms with Crippen LogP contribution < -0.4 is 0 Å². The molecule has 0 atom stereocenters. The van der Waals surface area contributed by atoms with E-state index in [4.69, 9.17) is 13.0 Å². The molecular formula is C20H30F3IrO3PS-. The van der Waals surface area contributed by atoms with Crippen molar-refractivity contribution in [2.75, 3.05) is 20.0 Å². The largest absolute Gasteiger partial charge is 0.522 e. The summed E-state index contributed by atoms with van der Waals surface area (Å²) < 4.78 is 57.5. The summed E-state index contributed by atoms with van der Waals surface area (Å²) in [6.07, 6.45) is 0. The third kappa shape index (κ3) is 15.5. The molecule has 6 radical (unpaired) electrons. The fourth-order valence-electron chi connectivity index (χ4n) is 1.75. The van der Waals surface area contributed by atoms with E-state index in [0.717, 1.165) is 0 Å². The Morgan fingerprint density at radius 2 is 1.00 bits per heavy atom. The smallest absolute Gasteiger partial charge is 0.279 e. The van der Waals surface area contributed by atoms with Crippen molar-refractivity contribution < 1.29 is 46.2 Å². The Labute approximate surface area is 190 Å². The van der Waals surface area contributed by atoms with Crippen LogP contribution in [0.2, 0.25) is 0 Å². The quantitative estimate of drug-likeness (QED) is 0.161. The molecule has 1 aliphatic carbocycles. The van der Waals surface area contributed by atoms with Crippen LogP contribution >= 0.6 is 7.92 Å². The number of halogens is 3. The molecule has 1 fully saturated rings. The Kier molecular flexibility index (Phi) is 18.3. The molecule has 1 aliphatic rings. The predicted octanol–water partition coefficient (Wildman–Crippen LogP) is 6.21. The van der Waals surface area contributed by atoms with Crippen molar-refractivity contribution in [2.45, 2.75) is 40.1 Å². The van der Waals surface area contributed by atoms with Gasteiger partial charge in [-0.3, -0.25) is 4.55 Å². The normalized spacial score (nSPS) is 16.6. The average Bonchev–Trinajstić information content (AvgIpc) is 2.73. The zero-order valence-electron chi connectivity index (χ0n) is 18.0. The molecule has 0 amide bonds. The van der Waals surface area contributed by atoms with Gasteiger partial charge in [0.25, 0.3) is 0 Å². The van der Waals surface area contributed by atoms with Crippen molar-refractivity contribution in [3.63, 3.8) is 0 Å². The van der Waals surface area contributed by atoms with Crippen molar-refractivity contribution in [3.05, 3.63) is 66.0 Å².